The molecule has 0 bridgehead atoms. The number of nitrogens with one attached hydrogen (secondary N) is 1. The van der Waals surface area contributed by atoms with Crippen LogP contribution in [0.1, 0.15) is 63.6 Å². The van der Waals surface area contributed by atoms with Crippen LogP contribution < -0.4 is 10.2 Å². The van der Waals surface area contributed by atoms with Gasteiger partial charge >= 0.3 is 6.09 Å². The summed E-state index contributed by atoms with van der Waals surface area (Å²) in [7, 11) is 0. The first-order valence-electron chi connectivity index (χ1n) is 12.1. The highest BCUT2D eigenvalue weighted by Gasteiger charge is 2.33. The fourth-order valence-corrected chi connectivity index (χ4v) is 5.15. The molecule has 6 nitrogen and oxygen atoms in total. The molecule has 2 aliphatic rings. The smallest absolute Gasteiger partial charge is 0.407 e. The number of likely N-dealkylation sites (tertiary alicyclic amines) is 1. The third-order valence-corrected chi connectivity index (χ3v) is 6.73. The summed E-state index contributed by atoms with van der Waals surface area (Å²) in [5, 5.41) is 2.99. The van der Waals surface area contributed by atoms with E-state index < -0.39 is 6.09 Å². The van der Waals surface area contributed by atoms with Gasteiger partial charge in [0.15, 0.2) is 0 Å². The first kappa shape index (κ1) is 23.3. The molecule has 1 saturated heterocycles. The van der Waals surface area contributed by atoms with Crippen molar-refractivity contribution in [2.75, 3.05) is 24.6 Å². The van der Waals surface area contributed by atoms with Gasteiger partial charge in [-0.1, -0.05) is 36.8 Å². The highest BCUT2D eigenvalue weighted by Crippen LogP contribution is 2.39. The van der Waals surface area contributed by atoms with Crippen LogP contribution in [-0.4, -0.2) is 42.6 Å². The van der Waals surface area contributed by atoms with Gasteiger partial charge in [0.05, 0.1) is 12.6 Å². The fraction of sp³-hybridized carbons (Fsp3) is 0.481. The van der Waals surface area contributed by atoms with E-state index in [1.807, 2.05) is 17.9 Å². The molecule has 2 aromatic rings. The van der Waals surface area contributed by atoms with E-state index in [1.165, 1.54) is 37.9 Å². The van der Waals surface area contributed by atoms with Crippen LogP contribution in [0.3, 0.4) is 0 Å². The first-order chi connectivity index (χ1) is 16.0. The molecular weight excluding hydrogens is 414 g/mol. The van der Waals surface area contributed by atoms with Crippen LogP contribution in [0.4, 0.5) is 10.5 Å². The average molecular weight is 450 g/mol. The van der Waals surface area contributed by atoms with Gasteiger partial charge in [0.25, 0.3) is 0 Å². The van der Waals surface area contributed by atoms with Crippen LogP contribution in [0.5, 0.6) is 0 Å². The van der Waals surface area contributed by atoms with Crippen molar-refractivity contribution in [1.29, 1.82) is 0 Å². The zero-order chi connectivity index (χ0) is 23.4. The molecule has 2 aliphatic heterocycles. The van der Waals surface area contributed by atoms with Crippen molar-refractivity contribution in [1.82, 2.24) is 10.2 Å². The van der Waals surface area contributed by atoms with Crippen LogP contribution in [0.15, 0.2) is 42.5 Å². The monoisotopic (exact) mass is 449 g/mol. The number of hydrogen-bond donors (Lipinski definition) is 1. The summed E-state index contributed by atoms with van der Waals surface area (Å²) in [4.78, 5) is 28.9. The van der Waals surface area contributed by atoms with Gasteiger partial charge in [-0.25, -0.2) is 4.79 Å². The van der Waals surface area contributed by atoms with Crippen molar-refractivity contribution in [2.45, 2.75) is 65.1 Å². The second-order valence-electron chi connectivity index (χ2n) is 9.20. The lowest BCUT2D eigenvalue weighted by Crippen LogP contribution is -2.45. The van der Waals surface area contributed by atoms with Gasteiger partial charge in [-0.2, -0.15) is 0 Å². The summed E-state index contributed by atoms with van der Waals surface area (Å²) in [6.07, 6.45) is 4.15. The SMILES string of the molecule is CCOC(=O)NC1CC(C)N(C(C)=O)c2ccc(-c3ccc(CN4CCCCC4)cc3)cc21. The van der Waals surface area contributed by atoms with Crippen molar-refractivity contribution in [3.8, 4) is 11.1 Å². The number of alkyl carbamates (subject to hydrolysis) is 1. The van der Waals surface area contributed by atoms with E-state index in [9.17, 15) is 9.59 Å². The molecular formula is C27H35N3O3. The molecule has 0 radical (unpaired) electrons. The Bertz CT molecular complexity index is 983. The number of carbonyl (C=O) groups excluding carboxylic acids is 2. The molecule has 6 heteroatoms. The van der Waals surface area contributed by atoms with Gasteiger partial charge in [-0.15, -0.1) is 0 Å². The van der Waals surface area contributed by atoms with Crippen LogP contribution in [0.25, 0.3) is 11.1 Å². The maximum absolute atomic E-state index is 12.4. The Morgan fingerprint density at radius 3 is 2.39 bits per heavy atom. The summed E-state index contributed by atoms with van der Waals surface area (Å²) in [5.74, 6) is 0.00755. The number of amides is 2. The van der Waals surface area contributed by atoms with E-state index >= 15 is 0 Å². The van der Waals surface area contributed by atoms with Gasteiger partial charge in [0.2, 0.25) is 5.91 Å². The lowest BCUT2D eigenvalue weighted by molar-refractivity contribution is -0.117. The van der Waals surface area contributed by atoms with Crippen LogP contribution in [-0.2, 0) is 16.1 Å². The minimum atomic E-state index is -0.426. The molecule has 2 heterocycles. The van der Waals surface area contributed by atoms with Gasteiger partial charge in [0, 0.05) is 25.2 Å². The van der Waals surface area contributed by atoms with Crippen LogP contribution >= 0.6 is 0 Å². The van der Waals surface area contributed by atoms with Crippen molar-refractivity contribution in [3.05, 3.63) is 53.6 Å². The molecule has 0 aliphatic carbocycles. The van der Waals surface area contributed by atoms with Crippen molar-refractivity contribution in [3.63, 3.8) is 0 Å². The largest absolute Gasteiger partial charge is 0.450 e. The number of piperidine rings is 1. The molecule has 1 N–H and O–H groups in total. The highest BCUT2D eigenvalue weighted by molar-refractivity contribution is 5.94. The van der Waals surface area contributed by atoms with E-state index in [1.54, 1.807) is 13.8 Å². The number of carbonyl (C=O) groups is 2. The molecule has 176 valence electrons. The molecule has 2 aromatic carbocycles. The van der Waals surface area contributed by atoms with E-state index in [2.05, 4.69) is 46.6 Å². The number of ether oxygens (including phenoxy) is 1. The minimum absolute atomic E-state index is 0.00755. The lowest BCUT2D eigenvalue weighted by atomic mass is 9.89. The van der Waals surface area contributed by atoms with Gasteiger partial charge in [-0.3, -0.25) is 9.69 Å². The molecule has 0 saturated carbocycles. The van der Waals surface area contributed by atoms with E-state index in [0.29, 0.717) is 13.0 Å². The van der Waals surface area contributed by atoms with Crippen molar-refractivity contribution >= 4 is 17.7 Å². The molecule has 33 heavy (non-hydrogen) atoms. The number of fused-ring (bicyclic) bond motifs is 1. The number of nitrogens with zero attached hydrogens (tertiary/aromatic N) is 2. The Kier molecular flexibility index (Phi) is 7.33. The Morgan fingerprint density at radius 1 is 1.03 bits per heavy atom. The zero-order valence-electron chi connectivity index (χ0n) is 20.0. The quantitative estimate of drug-likeness (QED) is 0.675. The summed E-state index contributed by atoms with van der Waals surface area (Å²) < 4.78 is 5.12. The van der Waals surface area contributed by atoms with Gasteiger partial charge in [-0.05, 0) is 80.6 Å². The summed E-state index contributed by atoms with van der Waals surface area (Å²) in [6, 6.07) is 14.7. The van der Waals surface area contributed by atoms with Crippen molar-refractivity contribution < 1.29 is 14.3 Å². The average Bonchev–Trinajstić information content (AvgIpc) is 2.80. The maximum Gasteiger partial charge on any atom is 0.407 e. The third-order valence-electron chi connectivity index (χ3n) is 6.73. The topological polar surface area (TPSA) is 61.9 Å². The second-order valence-corrected chi connectivity index (χ2v) is 9.20. The summed E-state index contributed by atoms with van der Waals surface area (Å²) in [5.41, 5.74) is 5.34. The Hall–Kier alpha value is -2.86. The zero-order valence-corrected chi connectivity index (χ0v) is 20.0. The van der Waals surface area contributed by atoms with E-state index in [-0.39, 0.29) is 18.0 Å². The van der Waals surface area contributed by atoms with Gasteiger partial charge in [0.1, 0.15) is 0 Å². The summed E-state index contributed by atoms with van der Waals surface area (Å²) in [6.45, 7) is 9.10. The maximum atomic E-state index is 12.4. The Balaban J connectivity index is 1.60. The lowest BCUT2D eigenvalue weighted by Gasteiger charge is -2.39. The Labute approximate surface area is 196 Å². The molecule has 0 spiro atoms. The Morgan fingerprint density at radius 2 is 1.73 bits per heavy atom. The molecule has 0 aromatic heterocycles. The van der Waals surface area contributed by atoms with E-state index in [0.717, 1.165) is 28.9 Å². The standard InChI is InChI=1S/C27H35N3O3/c1-4-33-27(32)28-25-16-19(2)30(20(3)31)26-13-12-23(17-24(25)26)22-10-8-21(9-11-22)18-29-14-6-5-7-15-29/h8-13,17,19,25H,4-7,14-16,18H2,1-3H3,(H,28,32). The van der Waals surface area contributed by atoms with Gasteiger partial charge < -0.3 is 15.0 Å². The molecule has 4 rings (SSSR count). The minimum Gasteiger partial charge on any atom is -0.450 e. The third kappa shape index (κ3) is 5.38. The van der Waals surface area contributed by atoms with Crippen LogP contribution in [0.2, 0.25) is 0 Å². The number of anilines is 1. The second kappa shape index (κ2) is 10.4. The van der Waals surface area contributed by atoms with Crippen LogP contribution in [0, 0.1) is 0 Å². The number of benzene rings is 2. The fourth-order valence-electron chi connectivity index (χ4n) is 5.15. The molecule has 2 amide bonds. The predicted octanol–water partition coefficient (Wildman–Crippen LogP) is 5.27. The highest BCUT2D eigenvalue weighted by atomic mass is 16.5. The predicted molar refractivity (Wildman–Crippen MR) is 131 cm³/mol. The normalized spacial score (nSPS) is 20.8. The first-order valence-corrected chi connectivity index (χ1v) is 12.1. The number of rotatable bonds is 5. The molecule has 2 unspecified atom stereocenters. The summed E-state index contributed by atoms with van der Waals surface area (Å²) >= 11 is 0. The van der Waals surface area contributed by atoms with Crippen molar-refractivity contribution in [2.24, 2.45) is 0 Å². The van der Waals surface area contributed by atoms with E-state index in [4.69, 9.17) is 4.74 Å². The molecule has 1 fully saturated rings. The number of hydrogen-bond acceptors (Lipinski definition) is 4. The molecule has 2 atom stereocenters.